The average Bonchev–Trinajstić information content (AvgIpc) is 2.09. The second-order valence-corrected chi connectivity index (χ2v) is 2.81. The molecular weight excluding hydrogens is 140 g/mol. The number of aromatic nitrogens is 2. The number of Topliss-reactive ketones (excluding diaryl/α,β-unsaturated/α-hetero) is 1. The highest BCUT2D eigenvalue weighted by Gasteiger charge is 2.04. The largest absolute Gasteiger partial charge is 0.300 e. The van der Waals surface area contributed by atoms with Crippen molar-refractivity contribution in [1.29, 1.82) is 0 Å². The first-order valence-corrected chi connectivity index (χ1v) is 3.58. The van der Waals surface area contributed by atoms with Crippen LogP contribution in [0.3, 0.4) is 0 Å². The molecule has 0 aromatic carbocycles. The van der Waals surface area contributed by atoms with E-state index in [9.17, 15) is 4.79 Å². The van der Waals surface area contributed by atoms with E-state index in [4.69, 9.17) is 0 Å². The first kappa shape index (κ1) is 7.98. The van der Waals surface area contributed by atoms with E-state index in [0.717, 1.165) is 11.3 Å². The maximum Gasteiger partial charge on any atom is 0.135 e. The molecule has 0 atom stereocenters. The molecule has 0 amide bonds. The lowest BCUT2D eigenvalue weighted by Gasteiger charge is -1.90. The van der Waals surface area contributed by atoms with Gasteiger partial charge in [-0.3, -0.25) is 9.48 Å². The van der Waals surface area contributed by atoms with E-state index in [1.807, 2.05) is 20.2 Å². The van der Waals surface area contributed by atoms with Crippen molar-refractivity contribution in [3.05, 3.63) is 17.5 Å². The first-order valence-electron chi connectivity index (χ1n) is 3.58. The Morgan fingerprint density at radius 3 is 2.73 bits per heavy atom. The van der Waals surface area contributed by atoms with Gasteiger partial charge in [0.25, 0.3) is 0 Å². The highest BCUT2D eigenvalue weighted by molar-refractivity contribution is 5.77. The van der Waals surface area contributed by atoms with E-state index in [-0.39, 0.29) is 5.78 Å². The number of rotatable bonds is 2. The highest BCUT2D eigenvalue weighted by Crippen LogP contribution is 2.04. The highest BCUT2D eigenvalue weighted by atomic mass is 16.1. The summed E-state index contributed by atoms with van der Waals surface area (Å²) in [7, 11) is 1.86. The molecule has 0 unspecified atom stereocenters. The maximum atomic E-state index is 10.7. The van der Waals surface area contributed by atoms with E-state index < -0.39 is 0 Å². The summed E-state index contributed by atoms with van der Waals surface area (Å²) < 4.78 is 1.73. The molecule has 0 radical (unpaired) electrons. The van der Waals surface area contributed by atoms with Gasteiger partial charge in [0.05, 0.1) is 12.1 Å². The smallest absolute Gasteiger partial charge is 0.135 e. The van der Waals surface area contributed by atoms with Gasteiger partial charge in [-0.1, -0.05) is 0 Å². The molecule has 0 bridgehead atoms. The molecule has 0 aliphatic rings. The summed E-state index contributed by atoms with van der Waals surface area (Å²) in [4.78, 5) is 10.7. The molecule has 60 valence electrons. The van der Waals surface area contributed by atoms with Crippen LogP contribution in [0.1, 0.15) is 18.2 Å². The summed E-state index contributed by atoms with van der Waals surface area (Å²) in [6.07, 6.45) is 2.37. The molecular formula is C8H12N2O. The van der Waals surface area contributed by atoms with Crippen LogP contribution in [0.4, 0.5) is 0 Å². The average molecular weight is 152 g/mol. The topological polar surface area (TPSA) is 34.9 Å². The fourth-order valence-electron chi connectivity index (χ4n) is 1.06. The van der Waals surface area contributed by atoms with Gasteiger partial charge in [-0.05, 0) is 19.4 Å². The Balaban J connectivity index is 2.85. The molecule has 0 saturated carbocycles. The molecule has 0 fully saturated rings. The predicted molar refractivity (Wildman–Crippen MR) is 42.3 cm³/mol. The molecule has 0 aliphatic carbocycles. The summed E-state index contributed by atoms with van der Waals surface area (Å²) in [6, 6.07) is 0. The molecule has 3 heteroatoms. The van der Waals surface area contributed by atoms with Crippen molar-refractivity contribution in [2.45, 2.75) is 20.3 Å². The lowest BCUT2D eigenvalue weighted by Crippen LogP contribution is -1.99. The van der Waals surface area contributed by atoms with Gasteiger partial charge in [-0.25, -0.2) is 0 Å². The van der Waals surface area contributed by atoms with Crippen LogP contribution in [-0.4, -0.2) is 15.6 Å². The summed E-state index contributed by atoms with van der Waals surface area (Å²) >= 11 is 0. The first-order chi connectivity index (χ1) is 5.09. The van der Waals surface area contributed by atoms with E-state index in [0.29, 0.717) is 6.42 Å². The van der Waals surface area contributed by atoms with Crippen molar-refractivity contribution in [2.75, 3.05) is 0 Å². The van der Waals surface area contributed by atoms with Gasteiger partial charge >= 0.3 is 0 Å². The Morgan fingerprint density at radius 1 is 1.73 bits per heavy atom. The van der Waals surface area contributed by atoms with Crippen LogP contribution in [0.25, 0.3) is 0 Å². The minimum absolute atomic E-state index is 0.159. The van der Waals surface area contributed by atoms with E-state index >= 15 is 0 Å². The van der Waals surface area contributed by atoms with Gasteiger partial charge in [-0.15, -0.1) is 0 Å². The van der Waals surface area contributed by atoms with E-state index in [1.54, 1.807) is 11.6 Å². The zero-order valence-corrected chi connectivity index (χ0v) is 7.09. The standard InChI is InChI=1S/C8H12N2O/c1-6-5-10(3)9-8(6)4-7(2)11/h5H,4H2,1-3H3. The van der Waals surface area contributed by atoms with Crippen molar-refractivity contribution in [2.24, 2.45) is 7.05 Å². The summed E-state index contributed by atoms with van der Waals surface area (Å²) in [5, 5.41) is 4.15. The summed E-state index contributed by atoms with van der Waals surface area (Å²) in [5.41, 5.74) is 1.97. The molecule has 0 saturated heterocycles. The number of ketones is 1. The minimum atomic E-state index is 0.159. The number of nitrogens with zero attached hydrogens (tertiary/aromatic N) is 2. The zero-order valence-electron chi connectivity index (χ0n) is 7.09. The maximum absolute atomic E-state index is 10.7. The molecule has 3 nitrogen and oxygen atoms in total. The number of hydrogen-bond donors (Lipinski definition) is 0. The van der Waals surface area contributed by atoms with Crippen molar-refractivity contribution in [1.82, 2.24) is 9.78 Å². The Hall–Kier alpha value is -1.12. The van der Waals surface area contributed by atoms with Crippen LogP contribution in [-0.2, 0) is 18.3 Å². The fourth-order valence-corrected chi connectivity index (χ4v) is 1.06. The summed E-state index contributed by atoms with van der Waals surface area (Å²) in [6.45, 7) is 3.54. The van der Waals surface area contributed by atoms with Crippen molar-refractivity contribution in [3.8, 4) is 0 Å². The number of hydrogen-bond acceptors (Lipinski definition) is 2. The lowest BCUT2D eigenvalue weighted by atomic mass is 10.2. The van der Waals surface area contributed by atoms with Crippen molar-refractivity contribution < 1.29 is 4.79 Å². The molecule has 0 aliphatic heterocycles. The molecule has 0 spiro atoms. The zero-order chi connectivity index (χ0) is 8.43. The van der Waals surface area contributed by atoms with Crippen LogP contribution in [0, 0.1) is 6.92 Å². The van der Waals surface area contributed by atoms with E-state index in [2.05, 4.69) is 5.10 Å². The van der Waals surface area contributed by atoms with Gasteiger partial charge in [0, 0.05) is 13.2 Å². The van der Waals surface area contributed by atoms with Crippen molar-refractivity contribution in [3.63, 3.8) is 0 Å². The fraction of sp³-hybridized carbons (Fsp3) is 0.500. The monoisotopic (exact) mass is 152 g/mol. The molecule has 0 N–H and O–H groups in total. The SMILES string of the molecule is CC(=O)Cc1nn(C)cc1C. The van der Waals surface area contributed by atoms with Crippen LogP contribution in [0.15, 0.2) is 6.20 Å². The van der Waals surface area contributed by atoms with Crippen LogP contribution >= 0.6 is 0 Å². The van der Waals surface area contributed by atoms with Crippen LogP contribution in [0.2, 0.25) is 0 Å². The Bertz CT molecular complexity index is 276. The Morgan fingerprint density at radius 2 is 2.36 bits per heavy atom. The second kappa shape index (κ2) is 2.86. The summed E-state index contributed by atoms with van der Waals surface area (Å²) in [5.74, 6) is 0.159. The Labute approximate surface area is 66.0 Å². The molecule has 1 aromatic rings. The molecule has 1 heterocycles. The lowest BCUT2D eigenvalue weighted by molar-refractivity contribution is -0.116. The van der Waals surface area contributed by atoms with Gasteiger partial charge in [0.15, 0.2) is 0 Å². The third-order valence-electron chi connectivity index (χ3n) is 1.53. The predicted octanol–water partition coefficient (Wildman–Crippen LogP) is 0.860. The number of carbonyl (C=O) groups excluding carboxylic acids is 1. The minimum Gasteiger partial charge on any atom is -0.300 e. The third kappa shape index (κ3) is 1.90. The number of aryl methyl sites for hydroxylation is 2. The molecule has 1 aromatic heterocycles. The molecule has 11 heavy (non-hydrogen) atoms. The molecule has 1 rings (SSSR count). The Kier molecular flexibility index (Phi) is 2.08. The van der Waals surface area contributed by atoms with Gasteiger partial charge < -0.3 is 0 Å². The van der Waals surface area contributed by atoms with Crippen LogP contribution in [0.5, 0.6) is 0 Å². The van der Waals surface area contributed by atoms with Gasteiger partial charge in [-0.2, -0.15) is 5.10 Å². The normalized spacial score (nSPS) is 10.1. The van der Waals surface area contributed by atoms with Crippen molar-refractivity contribution >= 4 is 5.78 Å². The quantitative estimate of drug-likeness (QED) is 0.630. The number of carbonyl (C=O) groups is 1. The van der Waals surface area contributed by atoms with Gasteiger partial charge in [0.2, 0.25) is 0 Å². The van der Waals surface area contributed by atoms with Gasteiger partial charge in [0.1, 0.15) is 5.78 Å². The van der Waals surface area contributed by atoms with Crippen LogP contribution < -0.4 is 0 Å². The van der Waals surface area contributed by atoms with E-state index in [1.165, 1.54) is 0 Å². The third-order valence-corrected chi connectivity index (χ3v) is 1.53. The second-order valence-electron chi connectivity index (χ2n) is 2.81.